The Bertz CT molecular complexity index is 927. The minimum absolute atomic E-state index is 0.0361. The van der Waals surface area contributed by atoms with E-state index in [9.17, 15) is 14.7 Å². The standard InChI is InChI=1S/C19H20ClN3O4/c1-10-5-13-8-19(7-10,17(24)25)23(13)18(26)22-12-3-4-15(20)14(6-12)16-21-11(2)9-27-16/h3-4,6,9-10,13H,5,7-8H2,1-2H3,(H,22,26)(H,24,25). The number of aromatic nitrogens is 1. The van der Waals surface area contributed by atoms with E-state index in [2.05, 4.69) is 10.3 Å². The van der Waals surface area contributed by atoms with Crippen LogP contribution in [0, 0.1) is 12.8 Å². The SMILES string of the molecule is Cc1coc(-c2cc(NC(=O)N3C4CC(C)CC3(C(=O)O)C4)ccc2Cl)n1. The largest absolute Gasteiger partial charge is 0.479 e. The van der Waals surface area contributed by atoms with Crippen LogP contribution in [0.2, 0.25) is 5.02 Å². The van der Waals surface area contributed by atoms with E-state index in [-0.39, 0.29) is 6.04 Å². The third-order valence-corrected chi connectivity index (χ3v) is 5.77. The second kappa shape index (κ2) is 6.27. The zero-order valence-electron chi connectivity index (χ0n) is 15.0. The Balaban J connectivity index is 1.58. The molecule has 2 aliphatic heterocycles. The van der Waals surface area contributed by atoms with Crippen LogP contribution >= 0.6 is 11.6 Å². The summed E-state index contributed by atoms with van der Waals surface area (Å²) >= 11 is 6.23. The molecule has 3 unspecified atom stereocenters. The van der Waals surface area contributed by atoms with E-state index in [0.717, 1.165) is 12.1 Å². The number of nitrogens with zero attached hydrogens (tertiary/aromatic N) is 2. The fourth-order valence-electron chi connectivity index (χ4n) is 4.38. The summed E-state index contributed by atoms with van der Waals surface area (Å²) in [5.41, 5.74) is 0.699. The second-order valence-electron chi connectivity index (χ2n) is 7.53. The third kappa shape index (κ3) is 2.86. The van der Waals surface area contributed by atoms with Gasteiger partial charge in [0.15, 0.2) is 0 Å². The first-order valence-corrected chi connectivity index (χ1v) is 9.24. The van der Waals surface area contributed by atoms with E-state index >= 15 is 0 Å². The lowest BCUT2D eigenvalue weighted by molar-refractivity contribution is -0.173. The number of amides is 2. The quantitative estimate of drug-likeness (QED) is 0.821. The van der Waals surface area contributed by atoms with Gasteiger partial charge in [0.05, 0.1) is 16.3 Å². The van der Waals surface area contributed by atoms with Crippen molar-refractivity contribution in [1.29, 1.82) is 0 Å². The molecule has 8 heteroatoms. The van der Waals surface area contributed by atoms with Crippen LogP contribution in [-0.2, 0) is 4.79 Å². The van der Waals surface area contributed by atoms with Crippen molar-refractivity contribution in [2.45, 2.75) is 44.7 Å². The molecule has 27 heavy (non-hydrogen) atoms. The molecule has 4 rings (SSSR count). The molecule has 2 N–H and O–H groups in total. The van der Waals surface area contributed by atoms with Gasteiger partial charge in [0, 0.05) is 18.2 Å². The molecule has 0 aliphatic carbocycles. The summed E-state index contributed by atoms with van der Waals surface area (Å²) in [7, 11) is 0. The molecular weight excluding hydrogens is 370 g/mol. The lowest BCUT2D eigenvalue weighted by Gasteiger charge is -2.60. The fourth-order valence-corrected chi connectivity index (χ4v) is 4.58. The molecule has 3 heterocycles. The Hall–Kier alpha value is -2.54. The number of carboxylic acids is 1. The van der Waals surface area contributed by atoms with Crippen molar-refractivity contribution in [3.8, 4) is 11.5 Å². The van der Waals surface area contributed by atoms with Gasteiger partial charge in [-0.1, -0.05) is 18.5 Å². The molecule has 2 aromatic rings. The molecule has 2 fully saturated rings. The number of piperidine rings is 1. The van der Waals surface area contributed by atoms with E-state index < -0.39 is 17.5 Å². The van der Waals surface area contributed by atoms with Crippen molar-refractivity contribution in [2.24, 2.45) is 5.92 Å². The van der Waals surface area contributed by atoms with Crippen LogP contribution in [0.5, 0.6) is 0 Å². The lowest BCUT2D eigenvalue weighted by Crippen LogP contribution is -2.75. The van der Waals surface area contributed by atoms with Gasteiger partial charge in [0.1, 0.15) is 11.8 Å². The first kappa shape index (κ1) is 17.9. The number of benzene rings is 1. The van der Waals surface area contributed by atoms with Gasteiger partial charge in [0.25, 0.3) is 0 Å². The summed E-state index contributed by atoms with van der Waals surface area (Å²) in [4.78, 5) is 30.4. The highest BCUT2D eigenvalue weighted by atomic mass is 35.5. The number of halogens is 1. The predicted octanol–water partition coefficient (Wildman–Crippen LogP) is 4.16. The molecule has 0 saturated carbocycles. The number of carbonyl (C=O) groups is 2. The van der Waals surface area contributed by atoms with Gasteiger partial charge in [-0.15, -0.1) is 0 Å². The molecular formula is C19H20ClN3O4. The Kier molecular flexibility index (Phi) is 4.14. The first-order valence-electron chi connectivity index (χ1n) is 8.86. The van der Waals surface area contributed by atoms with Crippen LogP contribution in [0.1, 0.15) is 31.9 Å². The normalized spacial score (nSPS) is 26.4. The average molecular weight is 390 g/mol. The highest BCUT2D eigenvalue weighted by molar-refractivity contribution is 6.33. The van der Waals surface area contributed by atoms with Crippen molar-refractivity contribution in [1.82, 2.24) is 9.88 Å². The van der Waals surface area contributed by atoms with Gasteiger partial charge < -0.3 is 19.7 Å². The summed E-state index contributed by atoms with van der Waals surface area (Å²) in [5.74, 6) is -0.281. The number of rotatable bonds is 3. The molecule has 2 saturated heterocycles. The highest BCUT2D eigenvalue weighted by Crippen LogP contribution is 2.50. The predicted molar refractivity (Wildman–Crippen MR) is 99.7 cm³/mol. The summed E-state index contributed by atoms with van der Waals surface area (Å²) in [5, 5.41) is 13.0. The number of carbonyl (C=O) groups excluding carboxylic acids is 1. The second-order valence-corrected chi connectivity index (χ2v) is 7.94. The third-order valence-electron chi connectivity index (χ3n) is 5.44. The van der Waals surface area contributed by atoms with Crippen molar-refractivity contribution in [3.05, 3.63) is 35.2 Å². The van der Waals surface area contributed by atoms with E-state index in [1.807, 2.05) is 13.8 Å². The zero-order valence-corrected chi connectivity index (χ0v) is 15.8. The van der Waals surface area contributed by atoms with Gasteiger partial charge in [-0.05, 0) is 43.9 Å². The van der Waals surface area contributed by atoms with Gasteiger partial charge in [0.2, 0.25) is 5.89 Å². The Labute approximate surface area is 161 Å². The Morgan fingerprint density at radius 2 is 2.19 bits per heavy atom. The summed E-state index contributed by atoms with van der Waals surface area (Å²) in [6.07, 6.45) is 3.34. The number of hydrogen-bond donors (Lipinski definition) is 2. The van der Waals surface area contributed by atoms with Gasteiger partial charge in [-0.25, -0.2) is 14.6 Å². The van der Waals surface area contributed by atoms with Crippen LogP contribution in [0.3, 0.4) is 0 Å². The molecule has 7 nitrogen and oxygen atoms in total. The number of urea groups is 1. The van der Waals surface area contributed by atoms with Crippen LogP contribution < -0.4 is 5.32 Å². The maximum Gasteiger partial charge on any atom is 0.329 e. The smallest absolute Gasteiger partial charge is 0.329 e. The maximum absolute atomic E-state index is 12.8. The summed E-state index contributed by atoms with van der Waals surface area (Å²) in [6, 6.07) is 4.56. The first-order chi connectivity index (χ1) is 12.8. The van der Waals surface area contributed by atoms with Crippen molar-refractivity contribution < 1.29 is 19.1 Å². The monoisotopic (exact) mass is 389 g/mol. The van der Waals surface area contributed by atoms with E-state index in [4.69, 9.17) is 16.0 Å². The van der Waals surface area contributed by atoms with Crippen molar-refractivity contribution in [2.75, 3.05) is 5.32 Å². The lowest BCUT2D eigenvalue weighted by atomic mass is 9.64. The van der Waals surface area contributed by atoms with Crippen LogP contribution in [0.25, 0.3) is 11.5 Å². The van der Waals surface area contributed by atoms with Crippen LogP contribution in [0.15, 0.2) is 28.9 Å². The van der Waals surface area contributed by atoms with Crippen LogP contribution in [-0.4, -0.2) is 38.6 Å². The molecule has 142 valence electrons. The number of carboxylic acid groups (broad SMARTS) is 1. The summed E-state index contributed by atoms with van der Waals surface area (Å²) in [6.45, 7) is 3.84. The topological polar surface area (TPSA) is 95.7 Å². The number of nitrogens with one attached hydrogen (secondary N) is 1. The summed E-state index contributed by atoms with van der Waals surface area (Å²) < 4.78 is 5.39. The van der Waals surface area contributed by atoms with Gasteiger partial charge in [-0.2, -0.15) is 0 Å². The number of aliphatic carboxylic acids is 1. The molecule has 2 aliphatic rings. The van der Waals surface area contributed by atoms with E-state index in [1.165, 1.54) is 11.2 Å². The molecule has 2 bridgehead atoms. The molecule has 0 spiro atoms. The Morgan fingerprint density at radius 3 is 2.85 bits per heavy atom. The zero-order chi connectivity index (χ0) is 19.3. The minimum atomic E-state index is -1.10. The number of hydrogen-bond acceptors (Lipinski definition) is 4. The van der Waals surface area contributed by atoms with E-state index in [0.29, 0.717) is 40.9 Å². The van der Waals surface area contributed by atoms with Gasteiger partial charge >= 0.3 is 12.0 Å². The average Bonchev–Trinajstić information content (AvgIpc) is 3.01. The maximum atomic E-state index is 12.8. The van der Waals surface area contributed by atoms with Crippen LogP contribution in [0.4, 0.5) is 10.5 Å². The Morgan fingerprint density at radius 1 is 1.41 bits per heavy atom. The van der Waals surface area contributed by atoms with E-state index in [1.54, 1.807) is 18.2 Å². The number of aryl methyl sites for hydroxylation is 1. The highest BCUT2D eigenvalue weighted by Gasteiger charge is 2.63. The minimum Gasteiger partial charge on any atom is -0.479 e. The number of oxazole rings is 1. The number of fused-ring (bicyclic) bond motifs is 2. The molecule has 3 atom stereocenters. The molecule has 0 radical (unpaired) electrons. The van der Waals surface area contributed by atoms with Crippen molar-refractivity contribution >= 4 is 29.3 Å². The molecule has 1 aromatic carbocycles. The molecule has 2 amide bonds. The molecule has 1 aromatic heterocycles. The van der Waals surface area contributed by atoms with Gasteiger partial charge in [-0.3, -0.25) is 0 Å². The number of anilines is 1. The fraction of sp³-hybridized carbons (Fsp3) is 0.421. The van der Waals surface area contributed by atoms with Crippen molar-refractivity contribution in [3.63, 3.8) is 0 Å².